The minimum atomic E-state index is 0.906. The van der Waals surface area contributed by atoms with Gasteiger partial charge in [-0.25, -0.2) is 0 Å². The number of benzene rings is 2. The zero-order valence-electron chi connectivity index (χ0n) is 22.7. The maximum atomic E-state index is 5.56. The highest BCUT2D eigenvalue weighted by Crippen LogP contribution is 2.30. The summed E-state index contributed by atoms with van der Waals surface area (Å²) in [4.78, 5) is 7.43. The topological polar surface area (TPSA) is 19.0 Å². The molecule has 0 saturated carbocycles. The summed E-state index contributed by atoms with van der Waals surface area (Å²) < 4.78 is 5.56. The minimum Gasteiger partial charge on any atom is -0.496 e. The summed E-state index contributed by atoms with van der Waals surface area (Å²) in [5, 5.41) is 0. The molecule has 0 N–H and O–H groups in total. The summed E-state index contributed by atoms with van der Waals surface area (Å²) in [6.07, 6.45) is 8.08. The molecule has 0 unspecified atom stereocenters. The van der Waals surface area contributed by atoms with E-state index in [9.17, 15) is 0 Å². The highest BCUT2D eigenvalue weighted by molar-refractivity contribution is 5.68. The zero-order chi connectivity index (χ0) is 25.0. The van der Waals surface area contributed by atoms with Crippen LogP contribution in [0.4, 0.5) is 5.69 Å². The normalized spacial score (nSPS) is 16.5. The quantitative estimate of drug-likeness (QED) is 0.425. The molecule has 2 saturated heterocycles. The molecule has 0 amide bonds. The maximum absolute atomic E-state index is 5.56. The summed E-state index contributed by atoms with van der Waals surface area (Å²) in [6.45, 7) is 19.0. The van der Waals surface area contributed by atoms with Crippen molar-refractivity contribution in [3.8, 4) is 5.75 Å². The van der Waals surface area contributed by atoms with Crippen molar-refractivity contribution in [2.24, 2.45) is 0 Å². The lowest BCUT2D eigenvalue weighted by molar-refractivity contribution is 0.226. The summed E-state index contributed by atoms with van der Waals surface area (Å²) in [5.41, 5.74) is 6.11. The summed E-state index contributed by atoms with van der Waals surface area (Å²) in [7, 11) is 1.73. The van der Waals surface area contributed by atoms with Crippen molar-refractivity contribution in [3.05, 3.63) is 65.7 Å². The van der Waals surface area contributed by atoms with E-state index in [1.165, 1.54) is 68.6 Å². The van der Waals surface area contributed by atoms with Crippen LogP contribution in [-0.4, -0.2) is 62.7 Å². The molecular formula is C31H47N3O. The van der Waals surface area contributed by atoms with E-state index >= 15 is 0 Å². The SMILES string of the molecule is C=C(c1cc(CC)ccc1OC)N1CCN(c2ccc(C)cc2)CC1.CCCCN1CCCCC1. The van der Waals surface area contributed by atoms with Crippen molar-refractivity contribution < 1.29 is 4.74 Å². The molecule has 0 aromatic heterocycles. The molecule has 4 rings (SSSR count). The van der Waals surface area contributed by atoms with Crippen LogP contribution in [0.1, 0.15) is 62.6 Å². The van der Waals surface area contributed by atoms with Crippen LogP contribution < -0.4 is 9.64 Å². The van der Waals surface area contributed by atoms with Gasteiger partial charge in [0.15, 0.2) is 0 Å². The first-order valence-corrected chi connectivity index (χ1v) is 13.7. The van der Waals surface area contributed by atoms with Gasteiger partial charge < -0.3 is 19.4 Å². The van der Waals surface area contributed by atoms with Crippen LogP contribution in [0.15, 0.2) is 49.0 Å². The van der Waals surface area contributed by atoms with E-state index in [1.807, 2.05) is 0 Å². The summed E-state index contributed by atoms with van der Waals surface area (Å²) in [6, 6.07) is 15.2. The Bertz CT molecular complexity index is 894. The average molecular weight is 478 g/mol. The van der Waals surface area contributed by atoms with E-state index in [0.717, 1.165) is 49.6 Å². The Morgan fingerprint density at radius 2 is 1.57 bits per heavy atom. The van der Waals surface area contributed by atoms with Gasteiger partial charge in [0, 0.05) is 43.1 Å². The zero-order valence-corrected chi connectivity index (χ0v) is 22.7. The molecule has 0 aliphatic carbocycles. The summed E-state index contributed by atoms with van der Waals surface area (Å²) in [5.74, 6) is 0.906. The number of piperidine rings is 1. The lowest BCUT2D eigenvalue weighted by atomic mass is 10.0. The standard InChI is InChI=1S/C22H28N2O.C9H19N/c1-5-19-8-11-22(25-4)21(16-19)18(3)23-12-14-24(15-13-23)20-9-6-17(2)7-10-20;1-2-3-7-10-8-5-4-6-9-10/h6-11,16H,3,5,12-15H2,1-2,4H3;2-9H2,1H3. The minimum absolute atomic E-state index is 0.906. The third-order valence-electron chi connectivity index (χ3n) is 7.32. The van der Waals surface area contributed by atoms with Gasteiger partial charge >= 0.3 is 0 Å². The molecule has 4 heteroatoms. The Labute approximate surface area is 214 Å². The van der Waals surface area contributed by atoms with E-state index in [0.29, 0.717) is 0 Å². The van der Waals surface area contributed by atoms with Crippen molar-refractivity contribution in [1.29, 1.82) is 0 Å². The average Bonchev–Trinajstić information content (AvgIpc) is 2.92. The second kappa shape index (κ2) is 14.2. The molecule has 2 fully saturated rings. The van der Waals surface area contributed by atoms with Crippen molar-refractivity contribution in [3.63, 3.8) is 0 Å². The fourth-order valence-corrected chi connectivity index (χ4v) is 4.93. The monoisotopic (exact) mass is 477 g/mol. The maximum Gasteiger partial charge on any atom is 0.128 e. The fourth-order valence-electron chi connectivity index (χ4n) is 4.93. The molecule has 2 aromatic carbocycles. The third kappa shape index (κ3) is 8.03. The van der Waals surface area contributed by atoms with Crippen LogP contribution >= 0.6 is 0 Å². The van der Waals surface area contributed by atoms with E-state index in [4.69, 9.17) is 4.74 Å². The Morgan fingerprint density at radius 3 is 2.17 bits per heavy atom. The van der Waals surface area contributed by atoms with Crippen molar-refractivity contribution in [1.82, 2.24) is 9.80 Å². The number of piperazine rings is 1. The molecule has 0 spiro atoms. The molecule has 0 atom stereocenters. The van der Waals surface area contributed by atoms with Gasteiger partial charge in [0.1, 0.15) is 5.75 Å². The Morgan fingerprint density at radius 1 is 0.886 bits per heavy atom. The number of aryl methyl sites for hydroxylation is 2. The number of ether oxygens (including phenoxy) is 1. The largest absolute Gasteiger partial charge is 0.496 e. The van der Waals surface area contributed by atoms with Gasteiger partial charge in [0.2, 0.25) is 0 Å². The molecule has 2 aromatic rings. The van der Waals surface area contributed by atoms with Crippen LogP contribution in [0.2, 0.25) is 0 Å². The second-order valence-corrected chi connectivity index (χ2v) is 9.90. The van der Waals surface area contributed by atoms with Gasteiger partial charge in [-0.1, -0.05) is 57.0 Å². The Balaban J connectivity index is 0.000000287. The van der Waals surface area contributed by atoms with Gasteiger partial charge in [-0.3, -0.25) is 0 Å². The van der Waals surface area contributed by atoms with E-state index in [1.54, 1.807) is 7.11 Å². The fraction of sp³-hybridized carbons (Fsp3) is 0.548. The predicted molar refractivity (Wildman–Crippen MR) is 152 cm³/mol. The number of methoxy groups -OCH3 is 1. The lowest BCUT2D eigenvalue weighted by Crippen LogP contribution is -2.45. The highest BCUT2D eigenvalue weighted by atomic mass is 16.5. The smallest absolute Gasteiger partial charge is 0.128 e. The third-order valence-corrected chi connectivity index (χ3v) is 7.32. The molecule has 35 heavy (non-hydrogen) atoms. The molecule has 2 aliphatic rings. The van der Waals surface area contributed by atoms with E-state index in [-0.39, 0.29) is 0 Å². The Hall–Kier alpha value is -2.46. The van der Waals surface area contributed by atoms with Crippen LogP contribution in [-0.2, 0) is 6.42 Å². The number of hydrogen-bond donors (Lipinski definition) is 0. The van der Waals surface area contributed by atoms with Gasteiger partial charge in [-0.05, 0) is 82.1 Å². The first-order valence-electron chi connectivity index (χ1n) is 13.7. The first kappa shape index (κ1) is 27.1. The van der Waals surface area contributed by atoms with E-state index in [2.05, 4.69) is 84.5 Å². The number of hydrogen-bond acceptors (Lipinski definition) is 4. The molecule has 0 radical (unpaired) electrons. The van der Waals surface area contributed by atoms with Crippen LogP contribution in [0.25, 0.3) is 5.70 Å². The lowest BCUT2D eigenvalue weighted by Gasteiger charge is -2.38. The Kier molecular flexibility index (Phi) is 11.0. The molecule has 4 nitrogen and oxygen atoms in total. The van der Waals surface area contributed by atoms with Crippen LogP contribution in [0.3, 0.4) is 0 Å². The van der Waals surface area contributed by atoms with Crippen molar-refractivity contribution in [2.45, 2.75) is 59.3 Å². The van der Waals surface area contributed by atoms with Gasteiger partial charge in [0.25, 0.3) is 0 Å². The van der Waals surface area contributed by atoms with E-state index < -0.39 is 0 Å². The number of anilines is 1. The second-order valence-electron chi connectivity index (χ2n) is 9.90. The number of likely N-dealkylation sites (tertiary alicyclic amines) is 1. The number of rotatable bonds is 8. The first-order chi connectivity index (χ1) is 17.0. The molecule has 2 aliphatic heterocycles. The van der Waals surface area contributed by atoms with Gasteiger partial charge in [0.05, 0.1) is 7.11 Å². The summed E-state index contributed by atoms with van der Waals surface area (Å²) >= 11 is 0. The highest BCUT2D eigenvalue weighted by Gasteiger charge is 2.21. The van der Waals surface area contributed by atoms with Crippen LogP contribution in [0.5, 0.6) is 5.75 Å². The predicted octanol–water partition coefficient (Wildman–Crippen LogP) is 6.63. The molecule has 0 bridgehead atoms. The van der Waals surface area contributed by atoms with Crippen molar-refractivity contribution >= 4 is 11.4 Å². The van der Waals surface area contributed by atoms with Gasteiger partial charge in [-0.15, -0.1) is 0 Å². The molecular weight excluding hydrogens is 430 g/mol. The number of nitrogens with zero attached hydrogens (tertiary/aromatic N) is 3. The van der Waals surface area contributed by atoms with Crippen molar-refractivity contribution in [2.75, 3.05) is 57.8 Å². The molecule has 2 heterocycles. The number of unbranched alkanes of at least 4 members (excludes halogenated alkanes) is 1. The molecule has 192 valence electrons. The van der Waals surface area contributed by atoms with Gasteiger partial charge in [-0.2, -0.15) is 0 Å². The van der Waals surface area contributed by atoms with Crippen LogP contribution in [0, 0.1) is 6.92 Å².